The first-order valence-electron chi connectivity index (χ1n) is 5.26. The highest BCUT2D eigenvalue weighted by atomic mass is 35.5. The average Bonchev–Trinajstić information content (AvgIpc) is 2.17. The summed E-state index contributed by atoms with van der Waals surface area (Å²) >= 11 is 5.82. The van der Waals surface area contributed by atoms with E-state index in [1.54, 1.807) is 12.4 Å². The fourth-order valence-electron chi connectivity index (χ4n) is 1.48. The molecule has 1 atom stereocenters. The maximum Gasteiger partial charge on any atom is 0.0373 e. The Labute approximate surface area is 97.1 Å². The molecule has 2 nitrogen and oxygen atoms in total. The van der Waals surface area contributed by atoms with Crippen molar-refractivity contribution in [2.75, 3.05) is 11.2 Å². The monoisotopic (exact) mass is 226 g/mol. The van der Waals surface area contributed by atoms with Crippen molar-refractivity contribution in [3.8, 4) is 0 Å². The van der Waals surface area contributed by atoms with Crippen LogP contribution in [0, 0.1) is 5.41 Å². The van der Waals surface area contributed by atoms with Gasteiger partial charge in [-0.05, 0) is 24.0 Å². The van der Waals surface area contributed by atoms with E-state index in [-0.39, 0.29) is 5.41 Å². The van der Waals surface area contributed by atoms with E-state index < -0.39 is 0 Å². The van der Waals surface area contributed by atoms with Crippen LogP contribution < -0.4 is 5.32 Å². The number of nitrogens with zero attached hydrogens (tertiary/aromatic N) is 1. The fourth-order valence-corrected chi connectivity index (χ4v) is 1.70. The molecule has 1 N–H and O–H groups in total. The van der Waals surface area contributed by atoms with Gasteiger partial charge in [0.25, 0.3) is 0 Å². The van der Waals surface area contributed by atoms with Crippen molar-refractivity contribution in [2.45, 2.75) is 33.2 Å². The van der Waals surface area contributed by atoms with E-state index in [9.17, 15) is 0 Å². The molecule has 0 fully saturated rings. The van der Waals surface area contributed by atoms with Crippen molar-refractivity contribution in [1.29, 1.82) is 0 Å². The minimum atomic E-state index is 0.207. The highest BCUT2D eigenvalue weighted by Crippen LogP contribution is 2.25. The smallest absolute Gasteiger partial charge is 0.0373 e. The van der Waals surface area contributed by atoms with E-state index in [2.05, 4.69) is 31.1 Å². The number of rotatable bonds is 4. The van der Waals surface area contributed by atoms with E-state index in [0.717, 1.165) is 12.1 Å². The topological polar surface area (TPSA) is 24.9 Å². The summed E-state index contributed by atoms with van der Waals surface area (Å²) in [4.78, 5) is 3.99. The maximum absolute atomic E-state index is 5.82. The third-order valence-electron chi connectivity index (χ3n) is 2.46. The summed E-state index contributed by atoms with van der Waals surface area (Å²) in [5.41, 5.74) is 1.31. The lowest BCUT2D eigenvalue weighted by Crippen LogP contribution is -2.34. The molecule has 0 aliphatic heterocycles. The van der Waals surface area contributed by atoms with Crippen LogP contribution in [0.3, 0.4) is 0 Å². The minimum absolute atomic E-state index is 0.207. The standard InChI is InChI=1S/C12H19ClN2/c1-12(2,3)11(4-7-13)15-10-5-8-14-9-6-10/h5-6,8-9,11H,4,7H2,1-3H3,(H,14,15). The quantitative estimate of drug-likeness (QED) is 0.795. The molecular weight excluding hydrogens is 208 g/mol. The first-order valence-corrected chi connectivity index (χ1v) is 5.80. The van der Waals surface area contributed by atoms with Crippen LogP contribution in [0.5, 0.6) is 0 Å². The second kappa shape index (κ2) is 5.36. The van der Waals surface area contributed by atoms with Gasteiger partial charge in [-0.2, -0.15) is 0 Å². The lowest BCUT2D eigenvalue weighted by Gasteiger charge is -2.32. The molecule has 0 saturated carbocycles. The van der Waals surface area contributed by atoms with Crippen molar-refractivity contribution in [1.82, 2.24) is 4.98 Å². The fraction of sp³-hybridized carbons (Fsp3) is 0.583. The van der Waals surface area contributed by atoms with E-state index in [0.29, 0.717) is 11.9 Å². The molecule has 1 heterocycles. The van der Waals surface area contributed by atoms with Gasteiger partial charge in [-0.1, -0.05) is 20.8 Å². The van der Waals surface area contributed by atoms with E-state index in [1.165, 1.54) is 0 Å². The number of halogens is 1. The van der Waals surface area contributed by atoms with Gasteiger partial charge in [-0.15, -0.1) is 11.6 Å². The van der Waals surface area contributed by atoms with Crippen LogP contribution >= 0.6 is 11.6 Å². The third-order valence-corrected chi connectivity index (χ3v) is 2.68. The zero-order chi connectivity index (χ0) is 11.3. The Morgan fingerprint density at radius 2 is 1.93 bits per heavy atom. The van der Waals surface area contributed by atoms with Crippen LogP contribution in [-0.2, 0) is 0 Å². The van der Waals surface area contributed by atoms with Crippen molar-refractivity contribution in [3.05, 3.63) is 24.5 Å². The highest BCUT2D eigenvalue weighted by Gasteiger charge is 2.23. The molecule has 0 aliphatic rings. The van der Waals surface area contributed by atoms with Gasteiger partial charge >= 0.3 is 0 Å². The molecule has 1 rings (SSSR count). The first-order chi connectivity index (χ1) is 7.04. The lowest BCUT2D eigenvalue weighted by atomic mass is 9.85. The van der Waals surface area contributed by atoms with Crippen LogP contribution in [0.25, 0.3) is 0 Å². The molecule has 1 unspecified atom stereocenters. The molecule has 1 aromatic rings. The molecule has 3 heteroatoms. The Balaban J connectivity index is 2.67. The molecule has 15 heavy (non-hydrogen) atoms. The van der Waals surface area contributed by atoms with Crippen molar-refractivity contribution in [2.24, 2.45) is 5.41 Å². The van der Waals surface area contributed by atoms with E-state index in [4.69, 9.17) is 11.6 Å². The lowest BCUT2D eigenvalue weighted by molar-refractivity contribution is 0.334. The Morgan fingerprint density at radius 3 is 2.40 bits per heavy atom. The molecule has 0 radical (unpaired) electrons. The average molecular weight is 227 g/mol. The predicted molar refractivity (Wildman–Crippen MR) is 66.4 cm³/mol. The van der Waals surface area contributed by atoms with Crippen LogP contribution in [0.2, 0.25) is 0 Å². The van der Waals surface area contributed by atoms with Crippen LogP contribution in [0.15, 0.2) is 24.5 Å². The summed E-state index contributed by atoms with van der Waals surface area (Å²) in [6.45, 7) is 6.66. The van der Waals surface area contributed by atoms with Gasteiger partial charge < -0.3 is 5.32 Å². The Bertz CT molecular complexity index is 279. The van der Waals surface area contributed by atoms with E-state index >= 15 is 0 Å². The number of pyridine rings is 1. The number of hydrogen-bond donors (Lipinski definition) is 1. The molecule has 84 valence electrons. The summed E-state index contributed by atoms with van der Waals surface area (Å²) in [6.07, 6.45) is 4.55. The molecule has 0 saturated heterocycles. The van der Waals surface area contributed by atoms with Crippen molar-refractivity contribution >= 4 is 17.3 Å². The Kier molecular flexibility index (Phi) is 4.40. The second-order valence-electron chi connectivity index (χ2n) is 4.78. The van der Waals surface area contributed by atoms with Gasteiger partial charge in [0.15, 0.2) is 0 Å². The van der Waals surface area contributed by atoms with Gasteiger partial charge in [-0.25, -0.2) is 0 Å². The van der Waals surface area contributed by atoms with Gasteiger partial charge in [-0.3, -0.25) is 4.98 Å². The first kappa shape index (κ1) is 12.3. The molecule has 0 aliphatic carbocycles. The maximum atomic E-state index is 5.82. The molecule has 1 aromatic heterocycles. The number of aromatic nitrogens is 1. The zero-order valence-electron chi connectivity index (χ0n) is 9.63. The Hall–Kier alpha value is -0.760. The summed E-state index contributed by atoms with van der Waals surface area (Å²) in [5.74, 6) is 0.681. The number of hydrogen-bond acceptors (Lipinski definition) is 2. The van der Waals surface area contributed by atoms with Gasteiger partial charge in [0.05, 0.1) is 0 Å². The number of anilines is 1. The van der Waals surface area contributed by atoms with Crippen LogP contribution in [0.1, 0.15) is 27.2 Å². The van der Waals surface area contributed by atoms with Crippen LogP contribution in [0.4, 0.5) is 5.69 Å². The van der Waals surface area contributed by atoms with Gasteiger partial charge in [0, 0.05) is 30.0 Å². The number of nitrogens with one attached hydrogen (secondary N) is 1. The minimum Gasteiger partial charge on any atom is -0.382 e. The third kappa shape index (κ3) is 4.08. The zero-order valence-corrected chi connectivity index (χ0v) is 10.4. The van der Waals surface area contributed by atoms with Gasteiger partial charge in [0.2, 0.25) is 0 Å². The van der Waals surface area contributed by atoms with Crippen molar-refractivity contribution < 1.29 is 0 Å². The summed E-state index contributed by atoms with van der Waals surface area (Å²) in [5, 5.41) is 3.50. The summed E-state index contributed by atoms with van der Waals surface area (Å²) in [7, 11) is 0. The normalized spacial score (nSPS) is 13.6. The van der Waals surface area contributed by atoms with Crippen molar-refractivity contribution in [3.63, 3.8) is 0 Å². The second-order valence-corrected chi connectivity index (χ2v) is 5.15. The molecular formula is C12H19ClN2. The van der Waals surface area contributed by atoms with Crippen LogP contribution in [-0.4, -0.2) is 16.9 Å². The molecule has 0 bridgehead atoms. The molecule has 0 aromatic carbocycles. The molecule has 0 amide bonds. The Morgan fingerprint density at radius 1 is 1.33 bits per heavy atom. The highest BCUT2D eigenvalue weighted by molar-refractivity contribution is 6.17. The largest absolute Gasteiger partial charge is 0.382 e. The number of alkyl halides is 1. The van der Waals surface area contributed by atoms with E-state index in [1.807, 2.05) is 12.1 Å². The van der Waals surface area contributed by atoms with Gasteiger partial charge in [0.1, 0.15) is 0 Å². The summed E-state index contributed by atoms with van der Waals surface area (Å²) < 4.78 is 0. The molecule has 0 spiro atoms. The summed E-state index contributed by atoms with van der Waals surface area (Å²) in [6, 6.07) is 4.34. The predicted octanol–water partition coefficient (Wildman–Crippen LogP) is 3.54. The SMILES string of the molecule is CC(C)(C)C(CCCl)Nc1ccncc1.